The van der Waals surface area contributed by atoms with Crippen molar-refractivity contribution in [3.05, 3.63) is 0 Å². The van der Waals surface area contributed by atoms with E-state index in [4.69, 9.17) is 14.2 Å². The van der Waals surface area contributed by atoms with E-state index >= 15 is 0 Å². The van der Waals surface area contributed by atoms with E-state index in [0.717, 1.165) is 38.5 Å². The molecule has 7 nitrogen and oxygen atoms in total. The Morgan fingerprint density at radius 3 is 1.97 bits per heavy atom. The maximum atomic E-state index is 12.7. The summed E-state index contributed by atoms with van der Waals surface area (Å²) in [5.41, 5.74) is -0.499. The molecule has 34 heavy (non-hydrogen) atoms. The molecule has 0 aromatic heterocycles. The quantitative estimate of drug-likeness (QED) is 0.442. The Morgan fingerprint density at radius 2 is 1.38 bits per heavy atom. The lowest BCUT2D eigenvalue weighted by Crippen LogP contribution is -2.63. The van der Waals surface area contributed by atoms with Crippen LogP contribution in [0.3, 0.4) is 0 Å². The second kappa shape index (κ2) is 8.94. The summed E-state index contributed by atoms with van der Waals surface area (Å²) in [5, 5.41) is 0. The third kappa shape index (κ3) is 4.07. The van der Waals surface area contributed by atoms with Crippen molar-refractivity contribution in [2.75, 3.05) is 0 Å². The summed E-state index contributed by atoms with van der Waals surface area (Å²) in [5.74, 6) is -0.185. The number of ether oxygens (including phenoxy) is 3. The highest BCUT2D eigenvalue weighted by Crippen LogP contribution is 2.68. The van der Waals surface area contributed by atoms with E-state index < -0.39 is 5.41 Å². The van der Waals surface area contributed by atoms with Gasteiger partial charge >= 0.3 is 17.9 Å². The highest BCUT2D eigenvalue weighted by molar-refractivity contribution is 5.80. The van der Waals surface area contributed by atoms with Gasteiger partial charge in [0.1, 0.15) is 24.1 Å². The lowest BCUT2D eigenvalue weighted by Gasteiger charge is -2.63. The Labute approximate surface area is 202 Å². The first-order valence-electron chi connectivity index (χ1n) is 12.9. The van der Waals surface area contributed by atoms with Gasteiger partial charge in [-0.2, -0.15) is 0 Å². The lowest BCUT2D eigenvalue weighted by atomic mass is 9.43. The molecule has 190 valence electrons. The zero-order valence-corrected chi connectivity index (χ0v) is 21.4. The van der Waals surface area contributed by atoms with E-state index in [1.54, 1.807) is 6.92 Å². The molecule has 4 aliphatic rings. The number of esters is 3. The molecule has 0 radical (unpaired) electrons. The van der Waals surface area contributed by atoms with Crippen LogP contribution >= 0.6 is 0 Å². The maximum absolute atomic E-state index is 12.7. The predicted octanol–water partition coefficient (Wildman–Crippen LogP) is 4.25. The number of carbonyl (C=O) groups excluding carboxylic acids is 4. The number of fused-ring (bicyclic) bond motifs is 5. The molecule has 0 aliphatic heterocycles. The van der Waals surface area contributed by atoms with Gasteiger partial charge in [-0.1, -0.05) is 13.8 Å². The van der Waals surface area contributed by atoms with Crippen molar-refractivity contribution in [2.45, 2.75) is 105 Å². The van der Waals surface area contributed by atoms with Gasteiger partial charge in [-0.25, -0.2) is 0 Å². The summed E-state index contributed by atoms with van der Waals surface area (Å²) in [6.45, 7) is 10.4. The summed E-state index contributed by atoms with van der Waals surface area (Å²) in [6.07, 6.45) is 4.84. The Bertz CT molecular complexity index is 867. The van der Waals surface area contributed by atoms with Crippen molar-refractivity contribution in [3.8, 4) is 0 Å². The third-order valence-corrected chi connectivity index (χ3v) is 10.1. The van der Waals surface area contributed by atoms with Crippen LogP contribution in [-0.2, 0) is 33.4 Å². The average molecular weight is 477 g/mol. The van der Waals surface area contributed by atoms with Crippen LogP contribution in [0.4, 0.5) is 0 Å². The van der Waals surface area contributed by atoms with E-state index in [1.165, 1.54) is 20.8 Å². The molecular weight excluding hydrogens is 436 g/mol. The first-order valence-corrected chi connectivity index (χ1v) is 12.9. The molecule has 0 N–H and O–H groups in total. The monoisotopic (exact) mass is 476 g/mol. The van der Waals surface area contributed by atoms with Crippen LogP contribution in [0.5, 0.6) is 0 Å². The van der Waals surface area contributed by atoms with Crippen molar-refractivity contribution in [1.29, 1.82) is 0 Å². The first kappa shape index (κ1) is 25.2. The van der Waals surface area contributed by atoms with Crippen molar-refractivity contribution in [1.82, 2.24) is 0 Å². The Kier molecular flexibility index (Phi) is 6.62. The Hall–Kier alpha value is -1.92. The Morgan fingerprint density at radius 1 is 0.735 bits per heavy atom. The highest BCUT2D eigenvalue weighted by Gasteiger charge is 2.67. The largest absolute Gasteiger partial charge is 0.463 e. The smallest absolute Gasteiger partial charge is 0.302 e. The van der Waals surface area contributed by atoms with Gasteiger partial charge in [0.2, 0.25) is 0 Å². The van der Waals surface area contributed by atoms with E-state index in [-0.39, 0.29) is 77.0 Å². The number of hydrogen-bond acceptors (Lipinski definition) is 7. The van der Waals surface area contributed by atoms with Crippen LogP contribution in [0.1, 0.15) is 86.5 Å². The molecule has 0 spiro atoms. The molecule has 0 aromatic rings. The average Bonchev–Trinajstić information content (AvgIpc) is 3.07. The number of carbonyl (C=O) groups is 4. The number of hydrogen-bond donors (Lipinski definition) is 0. The minimum absolute atomic E-state index is 0.0357. The number of ketones is 1. The van der Waals surface area contributed by atoms with E-state index in [9.17, 15) is 19.2 Å². The maximum Gasteiger partial charge on any atom is 0.302 e. The third-order valence-electron chi connectivity index (χ3n) is 10.1. The van der Waals surface area contributed by atoms with Gasteiger partial charge in [0.25, 0.3) is 0 Å². The normalized spacial score (nSPS) is 45.2. The van der Waals surface area contributed by atoms with Crippen LogP contribution in [0.15, 0.2) is 0 Å². The molecule has 4 rings (SSSR count). The molecule has 0 heterocycles. The summed E-state index contributed by atoms with van der Waals surface area (Å²) in [6, 6.07) is 0. The van der Waals surface area contributed by atoms with Crippen LogP contribution in [0.2, 0.25) is 0 Å². The van der Waals surface area contributed by atoms with Gasteiger partial charge in [0.05, 0.1) is 0 Å². The van der Waals surface area contributed by atoms with Crippen LogP contribution in [0, 0.1) is 40.4 Å². The fraction of sp³-hybridized carbons (Fsp3) is 0.852. The van der Waals surface area contributed by atoms with Gasteiger partial charge in [0.15, 0.2) is 0 Å². The van der Waals surface area contributed by atoms with Crippen LogP contribution < -0.4 is 0 Å². The summed E-state index contributed by atoms with van der Waals surface area (Å²) < 4.78 is 17.6. The minimum Gasteiger partial charge on any atom is -0.463 e. The molecule has 10 atom stereocenters. The summed E-state index contributed by atoms with van der Waals surface area (Å²) in [4.78, 5) is 48.7. The van der Waals surface area contributed by atoms with Crippen molar-refractivity contribution in [2.24, 2.45) is 40.4 Å². The molecule has 0 saturated heterocycles. The van der Waals surface area contributed by atoms with E-state index in [1.807, 2.05) is 0 Å². The number of rotatable bonds is 4. The SMILES string of the molecule is CC(=O)O[C@@H]1CC[C@@]2(C)[C@H](C1)C[C@@H](OC(C)=O)[C@@H]1[C@H]2C[C@H](OC(C)=O)[C@@]2(C)[C@@H](C(C)=O)CC[C@@H]12. The second-order valence-electron chi connectivity index (χ2n) is 11.8. The molecule has 7 heteroatoms. The Balaban J connectivity index is 1.74. The van der Waals surface area contributed by atoms with E-state index in [0.29, 0.717) is 6.42 Å². The van der Waals surface area contributed by atoms with Gasteiger partial charge in [-0.3, -0.25) is 19.2 Å². The fourth-order valence-corrected chi connectivity index (χ4v) is 8.82. The summed E-state index contributed by atoms with van der Waals surface area (Å²) in [7, 11) is 0. The van der Waals surface area contributed by atoms with Crippen molar-refractivity contribution in [3.63, 3.8) is 0 Å². The zero-order valence-electron chi connectivity index (χ0n) is 21.4. The lowest BCUT2D eigenvalue weighted by molar-refractivity contribution is -0.222. The van der Waals surface area contributed by atoms with Gasteiger partial charge in [-0.15, -0.1) is 0 Å². The van der Waals surface area contributed by atoms with Crippen molar-refractivity contribution < 1.29 is 33.4 Å². The topological polar surface area (TPSA) is 96.0 Å². The summed E-state index contributed by atoms with van der Waals surface area (Å²) >= 11 is 0. The van der Waals surface area contributed by atoms with Crippen LogP contribution in [0.25, 0.3) is 0 Å². The molecule has 0 bridgehead atoms. The number of Topliss-reactive ketones (excluding diaryl/α,β-unsaturated/α-hetero) is 1. The molecule has 0 unspecified atom stereocenters. The molecule has 0 aromatic carbocycles. The van der Waals surface area contributed by atoms with E-state index in [2.05, 4.69) is 13.8 Å². The second-order valence-corrected chi connectivity index (χ2v) is 11.8. The molecule has 4 fully saturated rings. The van der Waals surface area contributed by atoms with Gasteiger partial charge in [-0.05, 0) is 75.0 Å². The minimum atomic E-state index is -0.463. The fourth-order valence-electron chi connectivity index (χ4n) is 8.82. The highest BCUT2D eigenvalue weighted by atomic mass is 16.6. The van der Waals surface area contributed by atoms with Crippen LogP contribution in [-0.4, -0.2) is 42.0 Å². The first-order chi connectivity index (χ1) is 15.9. The predicted molar refractivity (Wildman–Crippen MR) is 123 cm³/mol. The van der Waals surface area contributed by atoms with Crippen molar-refractivity contribution >= 4 is 23.7 Å². The standard InChI is InChI=1S/C27H40O7/c1-14(28)20-7-8-21-25-22(13-24(27(20,21)6)34-17(4)31)26(5)10-9-19(32-15(2)29)11-18(26)12-23(25)33-16(3)30/h18-25H,7-13H2,1-6H3/t18-,19-,20-,21+,22-,23-,24+,25+,26+,27+/m1/s1. The molecule has 4 aliphatic carbocycles. The molecule has 4 saturated carbocycles. The zero-order chi connectivity index (χ0) is 25.0. The van der Waals surface area contributed by atoms with Gasteiger partial charge < -0.3 is 14.2 Å². The molecule has 0 amide bonds. The van der Waals surface area contributed by atoms with Gasteiger partial charge in [0, 0.05) is 38.0 Å². The molecular formula is C27H40O7.